The van der Waals surface area contributed by atoms with Gasteiger partial charge >= 0.3 is 0 Å². The van der Waals surface area contributed by atoms with Crippen molar-refractivity contribution in [2.45, 2.75) is 39.1 Å². The Morgan fingerprint density at radius 1 is 1.32 bits per heavy atom. The largest absolute Gasteiger partial charge is 0.396 e. The Hall–Kier alpha value is -1.06. The van der Waals surface area contributed by atoms with Crippen molar-refractivity contribution in [2.75, 3.05) is 6.61 Å². The summed E-state index contributed by atoms with van der Waals surface area (Å²) in [6.45, 7) is 6.20. The van der Waals surface area contributed by atoms with E-state index in [0.29, 0.717) is 17.9 Å². The van der Waals surface area contributed by atoms with E-state index in [-0.39, 0.29) is 24.0 Å². The number of amides is 1. The van der Waals surface area contributed by atoms with Crippen LogP contribution in [-0.2, 0) is 5.88 Å². The number of carbonyl (C=O) groups excluding carboxylic acids is 1. The molecule has 0 heterocycles. The van der Waals surface area contributed by atoms with Crippen molar-refractivity contribution in [2.24, 2.45) is 5.41 Å². The number of carbonyl (C=O) groups is 1. The van der Waals surface area contributed by atoms with Crippen LogP contribution < -0.4 is 5.32 Å². The first-order chi connectivity index (χ1) is 8.88. The Kier molecular flexibility index (Phi) is 5.83. The highest BCUT2D eigenvalue weighted by atomic mass is 35.5. The second-order valence-electron chi connectivity index (χ2n) is 5.73. The number of rotatable bonds is 5. The number of nitrogens with one attached hydrogen (secondary N) is 1. The third-order valence-electron chi connectivity index (χ3n) is 3.14. The maximum absolute atomic E-state index is 12.2. The fourth-order valence-electron chi connectivity index (χ4n) is 1.84. The van der Waals surface area contributed by atoms with E-state index < -0.39 is 0 Å². The third kappa shape index (κ3) is 4.84. The van der Waals surface area contributed by atoms with Crippen LogP contribution in [0.5, 0.6) is 0 Å². The number of aliphatic hydroxyl groups excluding tert-OH is 1. The van der Waals surface area contributed by atoms with Crippen LogP contribution in [-0.4, -0.2) is 23.7 Å². The van der Waals surface area contributed by atoms with Gasteiger partial charge in [0.2, 0.25) is 0 Å². The number of hydrogen-bond acceptors (Lipinski definition) is 2. The first-order valence-electron chi connectivity index (χ1n) is 6.45. The quantitative estimate of drug-likeness (QED) is 0.816. The predicted octanol–water partition coefficient (Wildman–Crippen LogP) is 2.95. The summed E-state index contributed by atoms with van der Waals surface area (Å²) in [5, 5.41) is 12.1. The molecule has 0 bridgehead atoms. The maximum Gasteiger partial charge on any atom is 0.251 e. The van der Waals surface area contributed by atoms with Gasteiger partial charge in [-0.2, -0.15) is 0 Å². The van der Waals surface area contributed by atoms with E-state index in [4.69, 9.17) is 16.7 Å². The molecule has 19 heavy (non-hydrogen) atoms. The van der Waals surface area contributed by atoms with E-state index in [9.17, 15) is 4.79 Å². The van der Waals surface area contributed by atoms with Crippen LogP contribution in [0.2, 0.25) is 0 Å². The molecule has 1 aromatic carbocycles. The van der Waals surface area contributed by atoms with Crippen molar-refractivity contribution >= 4 is 17.5 Å². The lowest BCUT2D eigenvalue weighted by Gasteiger charge is -2.31. The average Bonchev–Trinajstić information content (AvgIpc) is 2.37. The molecule has 4 heteroatoms. The lowest BCUT2D eigenvalue weighted by atomic mass is 9.84. The van der Waals surface area contributed by atoms with Crippen LogP contribution >= 0.6 is 11.6 Å². The first kappa shape index (κ1) is 16.0. The number of hydrogen-bond donors (Lipinski definition) is 2. The summed E-state index contributed by atoms with van der Waals surface area (Å²) in [5.74, 6) is 0.325. The molecule has 0 spiro atoms. The highest BCUT2D eigenvalue weighted by Gasteiger charge is 2.25. The van der Waals surface area contributed by atoms with E-state index in [2.05, 4.69) is 5.32 Å². The van der Waals surface area contributed by atoms with Crippen molar-refractivity contribution in [3.8, 4) is 0 Å². The zero-order valence-corrected chi connectivity index (χ0v) is 12.5. The number of benzene rings is 1. The van der Waals surface area contributed by atoms with Gasteiger partial charge < -0.3 is 10.4 Å². The zero-order valence-electron chi connectivity index (χ0n) is 11.7. The number of halogens is 1. The molecule has 0 fully saturated rings. The Morgan fingerprint density at radius 2 is 1.89 bits per heavy atom. The van der Waals surface area contributed by atoms with Gasteiger partial charge in [-0.1, -0.05) is 32.9 Å². The molecular formula is C15H22ClNO2. The smallest absolute Gasteiger partial charge is 0.251 e. The molecule has 1 unspecified atom stereocenters. The average molecular weight is 284 g/mol. The highest BCUT2D eigenvalue weighted by molar-refractivity contribution is 6.17. The maximum atomic E-state index is 12.2. The van der Waals surface area contributed by atoms with Crippen molar-refractivity contribution < 1.29 is 9.90 Å². The first-order valence-corrected chi connectivity index (χ1v) is 6.98. The fourth-order valence-corrected chi connectivity index (χ4v) is 2.02. The van der Waals surface area contributed by atoms with Gasteiger partial charge in [0.25, 0.3) is 5.91 Å². The summed E-state index contributed by atoms with van der Waals surface area (Å²) in [7, 11) is 0. The molecule has 0 radical (unpaired) electrons. The van der Waals surface area contributed by atoms with Crippen molar-refractivity contribution in [3.63, 3.8) is 0 Å². The van der Waals surface area contributed by atoms with Crippen LogP contribution in [0.1, 0.15) is 43.1 Å². The van der Waals surface area contributed by atoms with Crippen LogP contribution in [0.4, 0.5) is 0 Å². The molecule has 0 aliphatic carbocycles. The minimum Gasteiger partial charge on any atom is -0.396 e. The van der Waals surface area contributed by atoms with Gasteiger partial charge in [0.05, 0.1) is 0 Å². The molecule has 106 valence electrons. The van der Waals surface area contributed by atoms with Crippen LogP contribution in [0.3, 0.4) is 0 Å². The molecule has 1 rings (SSSR count). The standard InChI is InChI=1S/C15H22ClNO2/c1-15(2,3)13(8-9-18)17-14(19)12-6-4-11(10-16)5-7-12/h4-7,13,18H,8-10H2,1-3H3,(H,17,19). The topological polar surface area (TPSA) is 49.3 Å². The molecule has 1 atom stereocenters. The zero-order chi connectivity index (χ0) is 14.5. The van der Waals surface area contributed by atoms with Gasteiger partial charge in [-0.05, 0) is 29.5 Å². The van der Waals surface area contributed by atoms with E-state index in [1.54, 1.807) is 12.1 Å². The monoisotopic (exact) mass is 283 g/mol. The van der Waals surface area contributed by atoms with Gasteiger partial charge in [-0.25, -0.2) is 0 Å². The van der Waals surface area contributed by atoms with Crippen molar-refractivity contribution in [3.05, 3.63) is 35.4 Å². The van der Waals surface area contributed by atoms with E-state index in [1.165, 1.54) is 0 Å². The van der Waals surface area contributed by atoms with E-state index >= 15 is 0 Å². The van der Waals surface area contributed by atoms with Crippen LogP contribution in [0, 0.1) is 5.41 Å². The number of aliphatic hydroxyl groups is 1. The minimum absolute atomic E-state index is 0.0577. The Morgan fingerprint density at radius 3 is 2.32 bits per heavy atom. The van der Waals surface area contributed by atoms with Gasteiger partial charge in [-0.15, -0.1) is 11.6 Å². The summed E-state index contributed by atoms with van der Waals surface area (Å²) in [4.78, 5) is 12.2. The molecule has 1 amide bonds. The summed E-state index contributed by atoms with van der Waals surface area (Å²) < 4.78 is 0. The van der Waals surface area contributed by atoms with E-state index in [1.807, 2.05) is 32.9 Å². The molecule has 2 N–H and O–H groups in total. The Balaban J connectivity index is 2.75. The van der Waals surface area contributed by atoms with Crippen LogP contribution in [0.15, 0.2) is 24.3 Å². The van der Waals surface area contributed by atoms with Gasteiger partial charge in [0.1, 0.15) is 0 Å². The molecular weight excluding hydrogens is 262 g/mol. The summed E-state index contributed by atoms with van der Waals surface area (Å²) in [5.41, 5.74) is 1.51. The minimum atomic E-state index is -0.116. The van der Waals surface area contributed by atoms with Gasteiger partial charge in [-0.3, -0.25) is 4.79 Å². The fraction of sp³-hybridized carbons (Fsp3) is 0.533. The van der Waals surface area contributed by atoms with Crippen molar-refractivity contribution in [1.29, 1.82) is 0 Å². The Bertz CT molecular complexity index is 409. The molecule has 1 aromatic rings. The SMILES string of the molecule is CC(C)(C)C(CCO)NC(=O)c1ccc(CCl)cc1. The van der Waals surface area contributed by atoms with Gasteiger partial charge in [0, 0.05) is 24.1 Å². The molecule has 0 saturated heterocycles. The Labute approximate surface area is 120 Å². The molecule has 0 saturated carbocycles. The normalized spacial score (nSPS) is 13.1. The third-order valence-corrected chi connectivity index (χ3v) is 3.45. The number of alkyl halides is 1. The van der Waals surface area contributed by atoms with Crippen LogP contribution in [0.25, 0.3) is 0 Å². The molecule has 0 aliphatic rings. The second-order valence-corrected chi connectivity index (χ2v) is 6.00. The molecule has 3 nitrogen and oxygen atoms in total. The highest BCUT2D eigenvalue weighted by Crippen LogP contribution is 2.22. The van der Waals surface area contributed by atoms with E-state index in [0.717, 1.165) is 5.56 Å². The molecule has 0 aromatic heterocycles. The summed E-state index contributed by atoms with van der Waals surface area (Å²) in [6, 6.07) is 7.18. The summed E-state index contributed by atoms with van der Waals surface area (Å²) in [6.07, 6.45) is 0.551. The lowest BCUT2D eigenvalue weighted by molar-refractivity contribution is 0.0885. The molecule has 0 aliphatic heterocycles. The predicted molar refractivity (Wildman–Crippen MR) is 78.4 cm³/mol. The lowest BCUT2D eigenvalue weighted by Crippen LogP contribution is -2.44. The van der Waals surface area contributed by atoms with Gasteiger partial charge in [0.15, 0.2) is 0 Å². The second kappa shape index (κ2) is 6.92. The summed E-state index contributed by atoms with van der Waals surface area (Å²) >= 11 is 5.72. The van der Waals surface area contributed by atoms with Crippen molar-refractivity contribution in [1.82, 2.24) is 5.32 Å².